The Morgan fingerprint density at radius 3 is 2.20 bits per heavy atom. The van der Waals surface area contributed by atoms with Crippen molar-refractivity contribution in [2.24, 2.45) is 0 Å². The second-order valence-corrected chi connectivity index (χ2v) is 13.0. The molecule has 1 aromatic heterocycles. The molecule has 2 N–H and O–H groups in total. The fourth-order valence-corrected chi connectivity index (χ4v) is 8.57. The highest BCUT2D eigenvalue weighted by atomic mass is 28.3. The average Bonchev–Trinajstić information content (AvgIpc) is 3.15. The second-order valence-electron chi connectivity index (χ2n) is 9.87. The van der Waals surface area contributed by atoms with Crippen molar-refractivity contribution in [3.8, 4) is 0 Å². The van der Waals surface area contributed by atoms with Crippen LogP contribution in [0.3, 0.4) is 0 Å². The molecule has 4 rings (SSSR count). The summed E-state index contributed by atoms with van der Waals surface area (Å²) in [5.41, 5.74) is -2.11. The molecule has 7 nitrogen and oxygen atoms in total. The van der Waals surface area contributed by atoms with E-state index in [0.29, 0.717) is 0 Å². The van der Waals surface area contributed by atoms with Crippen molar-refractivity contribution in [1.82, 2.24) is 9.55 Å². The molecule has 3 atom stereocenters. The fraction of sp³-hybridized carbons (Fsp3) is 0.385. The van der Waals surface area contributed by atoms with Crippen LogP contribution in [0, 0.1) is 0 Å². The van der Waals surface area contributed by atoms with Crippen LogP contribution in [-0.4, -0.2) is 47.9 Å². The summed E-state index contributed by atoms with van der Waals surface area (Å²) in [6, 6.07) is 19.4. The van der Waals surface area contributed by atoms with Gasteiger partial charge in [0.1, 0.15) is 18.1 Å². The van der Waals surface area contributed by atoms with Crippen LogP contribution in [-0.2, 0) is 21.5 Å². The normalized spacial score (nSPS) is 22.6. The van der Waals surface area contributed by atoms with Crippen molar-refractivity contribution in [3.05, 3.63) is 93.3 Å². The number of H-pyrrole nitrogens is 1. The van der Waals surface area contributed by atoms with E-state index in [2.05, 4.69) is 4.98 Å². The minimum atomic E-state index is -2.50. The highest BCUT2D eigenvalue weighted by Gasteiger charge is 2.55. The van der Waals surface area contributed by atoms with Gasteiger partial charge in [0.15, 0.2) is 8.80 Å². The molecular formula is C26H31FN2O5Si. The number of nitrogens with zero attached hydrogens (tertiary/aromatic N) is 1. The quantitative estimate of drug-likeness (QED) is 0.478. The topological polar surface area (TPSA) is 93.5 Å². The van der Waals surface area contributed by atoms with Gasteiger partial charge in [0.25, 0.3) is 5.56 Å². The molecular weight excluding hydrogens is 467 g/mol. The zero-order chi connectivity index (χ0) is 25.2. The van der Waals surface area contributed by atoms with Crippen LogP contribution < -0.4 is 21.6 Å². The molecule has 0 aliphatic carbocycles. The summed E-state index contributed by atoms with van der Waals surface area (Å²) in [4.78, 5) is 27.6. The number of aromatic amines is 1. The van der Waals surface area contributed by atoms with Crippen molar-refractivity contribution in [2.75, 3.05) is 6.61 Å². The maximum Gasteiger partial charge on any atom is 0.330 e. The number of aliphatic hydroxyl groups excluding tert-OH is 1. The maximum atomic E-state index is 13.7. The van der Waals surface area contributed by atoms with Crippen LogP contribution in [0.5, 0.6) is 0 Å². The van der Waals surface area contributed by atoms with Gasteiger partial charge < -0.3 is 14.6 Å². The third-order valence-corrected chi connectivity index (χ3v) is 9.91. The highest BCUT2D eigenvalue weighted by Crippen LogP contribution is 2.37. The van der Waals surface area contributed by atoms with E-state index in [1.807, 2.05) is 81.4 Å². The van der Waals surface area contributed by atoms with E-state index in [9.17, 15) is 19.1 Å². The molecule has 2 heterocycles. The van der Waals surface area contributed by atoms with Crippen LogP contribution in [0.4, 0.5) is 4.39 Å². The summed E-state index contributed by atoms with van der Waals surface area (Å²) >= 11 is 0. The molecule has 1 fully saturated rings. The predicted molar refractivity (Wildman–Crippen MR) is 135 cm³/mol. The van der Waals surface area contributed by atoms with Gasteiger partial charge in [-0.2, -0.15) is 0 Å². The Kier molecular flexibility index (Phi) is 7.23. The largest absolute Gasteiger partial charge is 0.390 e. The minimum Gasteiger partial charge on any atom is -0.390 e. The lowest BCUT2D eigenvalue weighted by Crippen LogP contribution is -2.64. The Morgan fingerprint density at radius 2 is 1.69 bits per heavy atom. The number of nitrogens with one attached hydrogen (secondary N) is 1. The number of aromatic nitrogens is 2. The van der Waals surface area contributed by atoms with Crippen molar-refractivity contribution in [2.45, 2.75) is 57.0 Å². The molecule has 186 valence electrons. The van der Waals surface area contributed by atoms with E-state index in [1.54, 1.807) is 0 Å². The SMILES string of the molecule is CC(C)(C)OC[C@H]1O[C@](n2cc(CF)c(=O)[nH]c2=O)([SiH](c2ccccc2)c2ccccc2)C[C@@H]1O. The maximum absolute atomic E-state index is 13.7. The van der Waals surface area contributed by atoms with Crippen molar-refractivity contribution in [3.63, 3.8) is 0 Å². The summed E-state index contributed by atoms with van der Waals surface area (Å²) in [6.45, 7) is 4.81. The van der Waals surface area contributed by atoms with Gasteiger partial charge in [0.05, 0.1) is 23.9 Å². The molecule has 9 heteroatoms. The minimum absolute atomic E-state index is 0.0868. The molecule has 35 heavy (non-hydrogen) atoms. The number of rotatable bonds is 7. The molecule has 0 unspecified atom stereocenters. The molecule has 0 bridgehead atoms. The molecule has 1 aliphatic heterocycles. The number of alkyl halides is 1. The molecule has 1 saturated heterocycles. The van der Waals surface area contributed by atoms with Crippen molar-refractivity contribution in [1.29, 1.82) is 0 Å². The lowest BCUT2D eigenvalue weighted by atomic mass is 10.1. The van der Waals surface area contributed by atoms with Crippen LogP contribution in [0.1, 0.15) is 32.8 Å². The van der Waals surface area contributed by atoms with Crippen LogP contribution in [0.2, 0.25) is 0 Å². The number of aliphatic hydroxyl groups is 1. The number of benzene rings is 2. The van der Waals surface area contributed by atoms with Gasteiger partial charge in [-0.3, -0.25) is 14.3 Å². The van der Waals surface area contributed by atoms with Gasteiger partial charge in [-0.05, 0) is 20.8 Å². The van der Waals surface area contributed by atoms with E-state index in [-0.39, 0.29) is 18.6 Å². The summed E-state index contributed by atoms with van der Waals surface area (Å²) in [5.74, 6) is 0. The van der Waals surface area contributed by atoms with Gasteiger partial charge in [-0.1, -0.05) is 71.0 Å². The Morgan fingerprint density at radius 1 is 1.11 bits per heavy atom. The molecule has 0 amide bonds. The molecule has 0 spiro atoms. The molecule has 1 aliphatic rings. The summed E-state index contributed by atoms with van der Waals surface area (Å²) in [7, 11) is -2.50. The summed E-state index contributed by atoms with van der Waals surface area (Å²) < 4.78 is 27.6. The first-order valence-corrected chi connectivity index (χ1v) is 13.4. The fourth-order valence-electron chi connectivity index (χ4n) is 4.67. The predicted octanol–water partition coefficient (Wildman–Crippen LogP) is 1.20. The molecule has 2 aromatic carbocycles. The molecule has 0 radical (unpaired) electrons. The smallest absolute Gasteiger partial charge is 0.330 e. The van der Waals surface area contributed by atoms with Gasteiger partial charge in [0, 0.05) is 12.6 Å². The number of hydrogen-bond acceptors (Lipinski definition) is 5. The Labute approximate surface area is 204 Å². The molecule has 0 saturated carbocycles. The van der Waals surface area contributed by atoms with Gasteiger partial charge in [-0.25, -0.2) is 9.18 Å². The lowest BCUT2D eigenvalue weighted by Gasteiger charge is -2.38. The van der Waals surface area contributed by atoms with Crippen molar-refractivity contribution < 1.29 is 19.0 Å². The Balaban J connectivity index is 1.95. The first-order chi connectivity index (χ1) is 16.6. The standard InChI is InChI=1S/C26H31FN2O5Si/c1-25(2,3)33-17-22-21(30)14-26(34-22,29-16-18(15-27)23(31)28-24(29)32)35(19-10-6-4-7-11-19)20-12-8-5-9-13-20/h4-13,16,21-22,30,35H,14-15,17H2,1-3H3,(H,28,31,32)/t21-,22+,26-/m0/s1. The van der Waals surface area contributed by atoms with E-state index in [0.717, 1.165) is 10.4 Å². The first-order valence-electron chi connectivity index (χ1n) is 11.7. The third kappa shape index (κ3) is 5.23. The van der Waals surface area contributed by atoms with E-state index in [1.165, 1.54) is 10.8 Å². The monoisotopic (exact) mass is 498 g/mol. The van der Waals surface area contributed by atoms with Gasteiger partial charge in [0.2, 0.25) is 0 Å². The average molecular weight is 499 g/mol. The number of hydrogen-bond donors (Lipinski definition) is 2. The first kappa shape index (κ1) is 25.2. The number of halogens is 1. The zero-order valence-corrected chi connectivity index (χ0v) is 21.3. The summed E-state index contributed by atoms with van der Waals surface area (Å²) in [5, 5.41) is 11.8. The van der Waals surface area contributed by atoms with Gasteiger partial charge in [-0.15, -0.1) is 0 Å². The number of ether oxygens (including phenoxy) is 2. The lowest BCUT2D eigenvalue weighted by molar-refractivity contribution is -0.114. The van der Waals surface area contributed by atoms with E-state index < -0.39 is 49.9 Å². The van der Waals surface area contributed by atoms with Crippen LogP contribution >= 0.6 is 0 Å². The molecule has 3 aromatic rings. The van der Waals surface area contributed by atoms with Crippen molar-refractivity contribution >= 4 is 19.2 Å². The highest BCUT2D eigenvalue weighted by molar-refractivity contribution is 6.86. The second kappa shape index (κ2) is 10.0. The van der Waals surface area contributed by atoms with E-state index >= 15 is 0 Å². The zero-order valence-electron chi connectivity index (χ0n) is 20.1. The Hall–Kier alpha value is -2.85. The van der Waals surface area contributed by atoms with E-state index in [4.69, 9.17) is 9.47 Å². The Bertz CT molecular complexity index is 1220. The van der Waals surface area contributed by atoms with Gasteiger partial charge >= 0.3 is 5.69 Å². The van der Waals surface area contributed by atoms with Crippen LogP contribution in [0.15, 0.2) is 76.4 Å². The summed E-state index contributed by atoms with van der Waals surface area (Å²) in [6.07, 6.45) is -0.326. The van der Waals surface area contributed by atoms with Crippen LogP contribution in [0.25, 0.3) is 0 Å². The third-order valence-electron chi connectivity index (χ3n) is 6.25.